The first-order valence-electron chi connectivity index (χ1n) is 12.5. The van der Waals surface area contributed by atoms with Gasteiger partial charge < -0.3 is 15.3 Å². The van der Waals surface area contributed by atoms with Gasteiger partial charge in [-0.25, -0.2) is 4.18 Å². The molecule has 0 aromatic carbocycles. The molecule has 0 heterocycles. The van der Waals surface area contributed by atoms with Crippen molar-refractivity contribution in [1.29, 1.82) is 0 Å². The van der Waals surface area contributed by atoms with Gasteiger partial charge in [0.1, 0.15) is 0 Å². The van der Waals surface area contributed by atoms with Gasteiger partial charge in [-0.15, -0.1) is 0 Å². The molecule has 4 saturated carbocycles. The van der Waals surface area contributed by atoms with Crippen LogP contribution in [0.5, 0.6) is 0 Å². The number of carboxylic acid groups (broad SMARTS) is 1. The fourth-order valence-electron chi connectivity index (χ4n) is 9.01. The van der Waals surface area contributed by atoms with E-state index in [9.17, 15) is 23.4 Å². The van der Waals surface area contributed by atoms with E-state index in [1.807, 2.05) is 0 Å². The van der Waals surface area contributed by atoms with Crippen molar-refractivity contribution >= 4 is 45.9 Å². The molecule has 11 atom stereocenters. The molecular formula is C24H40NaO8S. The summed E-state index contributed by atoms with van der Waals surface area (Å²) >= 11 is 0. The Hall–Kier alpha value is 0.260. The molecule has 1 radical (unpaired) electrons. The monoisotopic (exact) mass is 511 g/mol. The van der Waals surface area contributed by atoms with Gasteiger partial charge in [-0.3, -0.25) is 9.35 Å². The van der Waals surface area contributed by atoms with Crippen LogP contribution in [0.3, 0.4) is 0 Å². The van der Waals surface area contributed by atoms with Crippen LogP contribution >= 0.6 is 0 Å². The molecule has 4 fully saturated rings. The summed E-state index contributed by atoms with van der Waals surface area (Å²) in [6.07, 6.45) is 3.78. The molecule has 0 spiro atoms. The van der Waals surface area contributed by atoms with E-state index in [1.54, 1.807) is 0 Å². The van der Waals surface area contributed by atoms with Crippen LogP contribution in [0.2, 0.25) is 0 Å². The summed E-state index contributed by atoms with van der Waals surface area (Å²) in [5.41, 5.74) is -0.203. The Morgan fingerprint density at radius 1 is 1.00 bits per heavy atom. The van der Waals surface area contributed by atoms with E-state index in [4.69, 9.17) is 13.8 Å². The number of carbonyl (C=O) groups is 1. The first-order valence-corrected chi connectivity index (χ1v) is 13.9. The predicted octanol–water partition coefficient (Wildman–Crippen LogP) is 2.90. The molecule has 10 heteroatoms. The van der Waals surface area contributed by atoms with Crippen molar-refractivity contribution in [2.24, 2.45) is 46.3 Å². The van der Waals surface area contributed by atoms with Crippen LogP contribution in [0, 0.1) is 46.3 Å². The third kappa shape index (κ3) is 5.02. The van der Waals surface area contributed by atoms with E-state index in [1.165, 1.54) is 0 Å². The van der Waals surface area contributed by atoms with Gasteiger partial charge in [0.25, 0.3) is 0 Å². The van der Waals surface area contributed by atoms with Crippen molar-refractivity contribution in [3.8, 4) is 0 Å². The van der Waals surface area contributed by atoms with E-state index in [0.29, 0.717) is 37.5 Å². The Balaban J connectivity index is 0.00000324. The minimum atomic E-state index is -4.56. The molecule has 8 nitrogen and oxygen atoms in total. The second-order valence-electron chi connectivity index (χ2n) is 11.9. The zero-order valence-corrected chi connectivity index (χ0v) is 23.7. The van der Waals surface area contributed by atoms with Gasteiger partial charge in [0.05, 0.1) is 18.3 Å². The molecule has 4 aliphatic carbocycles. The molecule has 34 heavy (non-hydrogen) atoms. The van der Waals surface area contributed by atoms with Crippen molar-refractivity contribution in [2.45, 2.75) is 96.9 Å². The predicted molar refractivity (Wildman–Crippen MR) is 126 cm³/mol. The first kappa shape index (κ1) is 28.8. The van der Waals surface area contributed by atoms with Crippen molar-refractivity contribution in [3.05, 3.63) is 0 Å². The van der Waals surface area contributed by atoms with Crippen molar-refractivity contribution in [2.75, 3.05) is 0 Å². The smallest absolute Gasteiger partial charge is 0.397 e. The van der Waals surface area contributed by atoms with Crippen molar-refractivity contribution in [1.82, 2.24) is 0 Å². The largest absolute Gasteiger partial charge is 0.481 e. The summed E-state index contributed by atoms with van der Waals surface area (Å²) in [4.78, 5) is 11.1. The third-order valence-electron chi connectivity index (χ3n) is 10.5. The van der Waals surface area contributed by atoms with Gasteiger partial charge in [-0.05, 0) is 97.7 Å². The molecule has 0 saturated heterocycles. The van der Waals surface area contributed by atoms with E-state index in [0.717, 1.165) is 25.7 Å². The van der Waals surface area contributed by atoms with E-state index < -0.39 is 34.7 Å². The number of hydrogen-bond donors (Lipinski definition) is 4. The van der Waals surface area contributed by atoms with Gasteiger partial charge in [0, 0.05) is 36.0 Å². The van der Waals surface area contributed by atoms with Crippen LogP contribution in [0.1, 0.15) is 78.6 Å². The SMILES string of the molecule is C[C@H](CCC(=O)O)[C@H]1CC[C@H]2[C@@H]3[C@H](O)[C@@H](O)[C@@H]4C[C@H](OS(=O)(=O)O)CC[C@]4(C)[C@H]3CC[C@]12C.[Na]. The molecule has 4 aliphatic rings. The minimum Gasteiger partial charge on any atom is -0.481 e. The van der Waals surface area contributed by atoms with Gasteiger partial charge >= 0.3 is 16.4 Å². The van der Waals surface area contributed by atoms with E-state index >= 15 is 0 Å². The normalized spacial score (nSPS) is 47.0. The zero-order chi connectivity index (χ0) is 24.3. The van der Waals surface area contributed by atoms with Crippen LogP contribution in [-0.2, 0) is 19.4 Å². The van der Waals surface area contributed by atoms with Crippen molar-refractivity contribution in [3.63, 3.8) is 0 Å². The maximum Gasteiger partial charge on any atom is 0.397 e. The number of aliphatic carboxylic acids is 1. The summed E-state index contributed by atoms with van der Waals surface area (Å²) in [6, 6.07) is 0. The van der Waals surface area contributed by atoms with Gasteiger partial charge in [0.15, 0.2) is 0 Å². The molecular weight excluding hydrogens is 471 g/mol. The minimum absolute atomic E-state index is 0. The summed E-state index contributed by atoms with van der Waals surface area (Å²) < 4.78 is 36.4. The van der Waals surface area contributed by atoms with Gasteiger partial charge in [-0.1, -0.05) is 20.8 Å². The molecule has 0 unspecified atom stereocenters. The molecule has 0 aromatic heterocycles. The van der Waals surface area contributed by atoms with Crippen LogP contribution in [0.4, 0.5) is 0 Å². The van der Waals surface area contributed by atoms with E-state index in [2.05, 4.69) is 20.8 Å². The summed E-state index contributed by atoms with van der Waals surface area (Å²) in [7, 11) is -4.56. The Morgan fingerprint density at radius 3 is 2.24 bits per heavy atom. The second-order valence-corrected chi connectivity index (χ2v) is 13.0. The van der Waals surface area contributed by atoms with Gasteiger partial charge in [0.2, 0.25) is 0 Å². The number of hydrogen-bond acceptors (Lipinski definition) is 6. The summed E-state index contributed by atoms with van der Waals surface area (Å²) in [5, 5.41) is 31.7. The summed E-state index contributed by atoms with van der Waals surface area (Å²) in [6.45, 7) is 6.65. The average Bonchev–Trinajstić information content (AvgIpc) is 3.07. The number of aliphatic hydroxyl groups is 2. The number of rotatable bonds is 6. The number of fused-ring (bicyclic) bond motifs is 5. The Bertz CT molecular complexity index is 867. The first-order chi connectivity index (χ1) is 15.3. The maximum atomic E-state index is 11.4. The topological polar surface area (TPSA) is 141 Å². The molecule has 4 N–H and O–H groups in total. The molecule has 4 rings (SSSR count). The maximum absolute atomic E-state index is 11.4. The summed E-state index contributed by atoms with van der Waals surface area (Å²) in [5.74, 6) is 0.164. The Morgan fingerprint density at radius 2 is 1.62 bits per heavy atom. The van der Waals surface area contributed by atoms with Gasteiger partial charge in [-0.2, -0.15) is 8.42 Å². The van der Waals surface area contributed by atoms with Crippen LogP contribution in [-0.4, -0.2) is 82.1 Å². The zero-order valence-electron chi connectivity index (χ0n) is 20.9. The number of aliphatic hydroxyl groups excluding tert-OH is 2. The van der Waals surface area contributed by atoms with Crippen LogP contribution in [0.25, 0.3) is 0 Å². The third-order valence-corrected chi connectivity index (χ3v) is 11.1. The van der Waals surface area contributed by atoms with Crippen LogP contribution in [0.15, 0.2) is 0 Å². The number of carboxylic acids is 1. The Labute approximate surface area is 225 Å². The fourth-order valence-corrected chi connectivity index (χ4v) is 9.53. The standard InChI is InChI=1S/C24H40O8S.Na/c1-13(4-7-19(25)26)15-5-6-16-20-17(9-11-23(15,16)2)24(3)10-8-14(32-33(29,30)31)12-18(24)21(27)22(20)28;/h13-18,20-22,27-28H,4-12H2,1-3H3,(H,25,26)(H,29,30,31);/t13-,14-,15-,16+,17+,18+,20+,21+,22+,23-,24-;/m1./s1. The molecule has 0 aliphatic heterocycles. The quantitative estimate of drug-likeness (QED) is 0.315. The molecule has 0 bridgehead atoms. The molecule has 191 valence electrons. The van der Waals surface area contributed by atoms with Crippen molar-refractivity contribution < 1.29 is 37.3 Å². The Kier molecular flexibility index (Phi) is 8.65. The van der Waals surface area contributed by atoms with Crippen LogP contribution < -0.4 is 0 Å². The average molecular weight is 512 g/mol. The fraction of sp³-hybridized carbons (Fsp3) is 0.958. The molecule has 0 amide bonds. The second kappa shape index (κ2) is 10.2. The molecule has 0 aromatic rings. The van der Waals surface area contributed by atoms with E-state index in [-0.39, 0.29) is 70.5 Å².